The summed E-state index contributed by atoms with van der Waals surface area (Å²) in [6.07, 6.45) is 3.57. The molecular weight excluding hydrogens is 374 g/mol. The third-order valence-corrected chi connectivity index (χ3v) is 5.57. The summed E-state index contributed by atoms with van der Waals surface area (Å²) in [6.45, 7) is 3.58. The maximum Gasteiger partial charge on any atom is 0.307 e. The van der Waals surface area contributed by atoms with Crippen LogP contribution in [-0.4, -0.2) is 42.0 Å². The van der Waals surface area contributed by atoms with Crippen LogP contribution < -0.4 is 5.32 Å². The highest BCUT2D eigenvalue weighted by Crippen LogP contribution is 2.22. The van der Waals surface area contributed by atoms with E-state index in [0.29, 0.717) is 22.7 Å². The Kier molecular flexibility index (Phi) is 5.93. The Morgan fingerprint density at radius 3 is 2.75 bits per heavy atom. The Hall–Kier alpha value is -2.37. The van der Waals surface area contributed by atoms with Crippen LogP contribution in [0.2, 0.25) is 5.02 Å². The number of piperidine rings is 1. The lowest BCUT2D eigenvalue weighted by atomic mass is 9.90. The van der Waals surface area contributed by atoms with Gasteiger partial charge in [0.2, 0.25) is 0 Å². The maximum atomic E-state index is 12.3. The molecule has 1 fully saturated rings. The van der Waals surface area contributed by atoms with Crippen LogP contribution in [-0.2, 0) is 6.42 Å². The smallest absolute Gasteiger partial charge is 0.307 e. The summed E-state index contributed by atoms with van der Waals surface area (Å²) in [5, 5.41) is 3.48. The molecule has 1 aliphatic rings. The maximum absolute atomic E-state index is 12.3. The van der Waals surface area contributed by atoms with Crippen molar-refractivity contribution in [2.24, 2.45) is 5.92 Å². The van der Waals surface area contributed by atoms with E-state index in [2.05, 4.69) is 45.5 Å². The third-order valence-electron chi connectivity index (χ3n) is 5.33. The molecule has 6 heteroatoms. The second-order valence-corrected chi connectivity index (χ2v) is 7.80. The lowest BCUT2D eigenvalue weighted by Crippen LogP contribution is -2.40. The molecule has 1 saturated heterocycles. The summed E-state index contributed by atoms with van der Waals surface area (Å²) in [5.41, 5.74) is 2.58. The molecular formula is C22H24ClN3O2. The number of nitrogens with one attached hydrogen (secondary N) is 1. The Morgan fingerprint density at radius 2 is 1.96 bits per heavy atom. The van der Waals surface area contributed by atoms with E-state index in [-0.39, 0.29) is 11.8 Å². The first-order valence-electron chi connectivity index (χ1n) is 9.78. The fourth-order valence-electron chi connectivity index (χ4n) is 3.76. The quantitative estimate of drug-likeness (QED) is 0.678. The van der Waals surface area contributed by atoms with Gasteiger partial charge in [-0.3, -0.25) is 4.79 Å². The van der Waals surface area contributed by atoms with Gasteiger partial charge in [0, 0.05) is 18.1 Å². The highest BCUT2D eigenvalue weighted by Gasteiger charge is 2.20. The molecule has 0 radical (unpaired) electrons. The van der Waals surface area contributed by atoms with Gasteiger partial charge in [-0.1, -0.05) is 41.9 Å². The van der Waals surface area contributed by atoms with Gasteiger partial charge >= 0.3 is 5.91 Å². The number of oxazole rings is 1. The van der Waals surface area contributed by atoms with E-state index < -0.39 is 0 Å². The van der Waals surface area contributed by atoms with Crippen molar-refractivity contribution < 1.29 is 9.21 Å². The lowest BCUT2D eigenvalue weighted by molar-refractivity contribution is 0.0911. The van der Waals surface area contributed by atoms with Crippen molar-refractivity contribution in [3.05, 3.63) is 65.0 Å². The normalized spacial score (nSPS) is 15.8. The van der Waals surface area contributed by atoms with Gasteiger partial charge in [0.1, 0.15) is 5.52 Å². The van der Waals surface area contributed by atoms with Gasteiger partial charge in [0.15, 0.2) is 5.58 Å². The SMILES string of the molecule is O=C(NCCN1CCC(Cc2ccccc2)CC1)c1nc2cc(Cl)ccc2o1. The van der Waals surface area contributed by atoms with Gasteiger partial charge in [-0.25, -0.2) is 4.98 Å². The highest BCUT2D eigenvalue weighted by atomic mass is 35.5. The number of nitrogens with zero attached hydrogens (tertiary/aromatic N) is 2. The standard InChI is InChI=1S/C22H24ClN3O2/c23-18-6-7-20-19(15-18)25-22(28-20)21(27)24-10-13-26-11-8-17(9-12-26)14-16-4-2-1-3-5-16/h1-7,15,17H,8-14H2,(H,24,27). The highest BCUT2D eigenvalue weighted by molar-refractivity contribution is 6.31. The fourth-order valence-corrected chi connectivity index (χ4v) is 3.93. The van der Waals surface area contributed by atoms with Crippen molar-refractivity contribution >= 4 is 28.6 Å². The fraction of sp³-hybridized carbons (Fsp3) is 0.364. The summed E-state index contributed by atoms with van der Waals surface area (Å²) in [7, 11) is 0. The summed E-state index contributed by atoms with van der Waals surface area (Å²) in [4.78, 5) is 18.9. The van der Waals surface area contributed by atoms with Crippen LogP contribution in [0, 0.1) is 5.92 Å². The van der Waals surface area contributed by atoms with Crippen LogP contribution in [0.5, 0.6) is 0 Å². The minimum atomic E-state index is -0.286. The number of hydrogen-bond acceptors (Lipinski definition) is 4. The number of carbonyl (C=O) groups excluding carboxylic acids is 1. The first-order chi connectivity index (χ1) is 13.7. The third kappa shape index (κ3) is 4.72. The van der Waals surface area contributed by atoms with Crippen LogP contribution in [0.15, 0.2) is 52.9 Å². The molecule has 0 aliphatic carbocycles. The number of carbonyl (C=O) groups is 1. The predicted octanol–water partition coefficient (Wildman–Crippen LogP) is 4.17. The van der Waals surface area contributed by atoms with Crippen molar-refractivity contribution in [3.63, 3.8) is 0 Å². The molecule has 3 aromatic rings. The average Bonchev–Trinajstić information content (AvgIpc) is 3.13. The van der Waals surface area contributed by atoms with Gasteiger partial charge in [0.25, 0.3) is 5.89 Å². The number of hydrogen-bond donors (Lipinski definition) is 1. The molecule has 4 rings (SSSR count). The van der Waals surface area contributed by atoms with Gasteiger partial charge in [-0.2, -0.15) is 0 Å². The zero-order chi connectivity index (χ0) is 19.3. The van der Waals surface area contributed by atoms with E-state index in [4.69, 9.17) is 16.0 Å². The molecule has 1 amide bonds. The van der Waals surface area contributed by atoms with E-state index in [9.17, 15) is 4.79 Å². The average molecular weight is 398 g/mol. The largest absolute Gasteiger partial charge is 0.432 e. The molecule has 1 aromatic heterocycles. The zero-order valence-electron chi connectivity index (χ0n) is 15.7. The van der Waals surface area contributed by atoms with Crippen LogP contribution >= 0.6 is 11.6 Å². The van der Waals surface area contributed by atoms with E-state index in [1.165, 1.54) is 18.4 Å². The Morgan fingerprint density at radius 1 is 1.18 bits per heavy atom. The molecule has 1 N–H and O–H groups in total. The number of benzene rings is 2. The number of amides is 1. The Labute approximate surface area is 169 Å². The lowest BCUT2D eigenvalue weighted by Gasteiger charge is -2.32. The molecule has 2 aromatic carbocycles. The number of aromatic nitrogens is 1. The Balaban J connectivity index is 1.20. The zero-order valence-corrected chi connectivity index (χ0v) is 16.5. The van der Waals surface area contributed by atoms with Gasteiger partial charge in [-0.05, 0) is 62.0 Å². The summed E-state index contributed by atoms with van der Waals surface area (Å²) in [5.74, 6) is 0.546. The summed E-state index contributed by atoms with van der Waals surface area (Å²) >= 11 is 5.94. The van der Waals surface area contributed by atoms with Crippen molar-refractivity contribution in [1.29, 1.82) is 0 Å². The van der Waals surface area contributed by atoms with Crippen molar-refractivity contribution in [3.8, 4) is 0 Å². The molecule has 0 saturated carbocycles. The van der Waals surface area contributed by atoms with E-state index in [1.807, 2.05) is 0 Å². The number of fused-ring (bicyclic) bond motifs is 1. The molecule has 146 valence electrons. The minimum Gasteiger partial charge on any atom is -0.432 e. The molecule has 0 unspecified atom stereocenters. The monoisotopic (exact) mass is 397 g/mol. The summed E-state index contributed by atoms with van der Waals surface area (Å²) in [6, 6.07) is 15.8. The first kappa shape index (κ1) is 19.0. The Bertz CT molecular complexity index is 933. The molecule has 0 atom stereocenters. The molecule has 0 bridgehead atoms. The van der Waals surface area contributed by atoms with Gasteiger partial charge in [-0.15, -0.1) is 0 Å². The van der Waals surface area contributed by atoms with Crippen LogP contribution in [0.4, 0.5) is 0 Å². The van der Waals surface area contributed by atoms with E-state index in [0.717, 1.165) is 32.0 Å². The van der Waals surface area contributed by atoms with Crippen LogP contribution in [0.1, 0.15) is 29.1 Å². The van der Waals surface area contributed by atoms with Crippen molar-refractivity contribution in [2.45, 2.75) is 19.3 Å². The van der Waals surface area contributed by atoms with Gasteiger partial charge in [0.05, 0.1) is 0 Å². The van der Waals surface area contributed by atoms with Crippen LogP contribution in [0.25, 0.3) is 11.1 Å². The number of likely N-dealkylation sites (tertiary alicyclic amines) is 1. The van der Waals surface area contributed by atoms with Crippen LogP contribution in [0.3, 0.4) is 0 Å². The molecule has 0 spiro atoms. The topological polar surface area (TPSA) is 58.4 Å². The number of rotatable bonds is 6. The predicted molar refractivity (Wildman–Crippen MR) is 111 cm³/mol. The second-order valence-electron chi connectivity index (χ2n) is 7.36. The second kappa shape index (κ2) is 8.76. The molecule has 5 nitrogen and oxygen atoms in total. The number of halogens is 1. The van der Waals surface area contributed by atoms with Gasteiger partial charge < -0.3 is 14.6 Å². The van der Waals surface area contributed by atoms with Crippen molar-refractivity contribution in [2.75, 3.05) is 26.2 Å². The van der Waals surface area contributed by atoms with Crippen molar-refractivity contribution in [1.82, 2.24) is 15.2 Å². The minimum absolute atomic E-state index is 0.0823. The molecule has 28 heavy (non-hydrogen) atoms. The van der Waals surface area contributed by atoms with E-state index in [1.54, 1.807) is 18.2 Å². The molecule has 1 aliphatic heterocycles. The summed E-state index contributed by atoms with van der Waals surface area (Å²) < 4.78 is 5.50. The van der Waals surface area contributed by atoms with E-state index >= 15 is 0 Å². The first-order valence-corrected chi connectivity index (χ1v) is 10.2. The molecule has 2 heterocycles.